The summed E-state index contributed by atoms with van der Waals surface area (Å²) in [5.74, 6) is -0.458. The predicted molar refractivity (Wildman–Crippen MR) is 157 cm³/mol. The SMILES string of the molecule is COc1ccc(C2/C(=C(/O)c3ccc(OCc4ccccc4)c(C)c3)C(=O)C(=O)N2c2ccc(C#N)cc2)cc1OC. The molecule has 1 heterocycles. The molecule has 0 aliphatic carbocycles. The van der Waals surface area contributed by atoms with E-state index in [9.17, 15) is 20.0 Å². The number of aliphatic hydroxyl groups is 1. The zero-order valence-electron chi connectivity index (χ0n) is 23.3. The summed E-state index contributed by atoms with van der Waals surface area (Å²) in [7, 11) is 3.00. The summed E-state index contributed by atoms with van der Waals surface area (Å²) < 4.78 is 16.8. The maximum Gasteiger partial charge on any atom is 0.300 e. The van der Waals surface area contributed by atoms with E-state index >= 15 is 0 Å². The van der Waals surface area contributed by atoms with Crippen molar-refractivity contribution in [2.24, 2.45) is 0 Å². The van der Waals surface area contributed by atoms with Crippen LogP contribution in [0.4, 0.5) is 5.69 Å². The predicted octanol–water partition coefficient (Wildman–Crippen LogP) is 6.09. The quantitative estimate of drug-likeness (QED) is 0.158. The summed E-state index contributed by atoms with van der Waals surface area (Å²) in [6.45, 7) is 2.22. The Balaban J connectivity index is 1.59. The van der Waals surface area contributed by atoms with Crippen molar-refractivity contribution >= 4 is 23.1 Å². The Labute approximate surface area is 243 Å². The number of nitrogens with zero attached hydrogens (tertiary/aromatic N) is 2. The molecular formula is C34H28N2O6. The maximum absolute atomic E-state index is 13.6. The molecule has 8 nitrogen and oxygen atoms in total. The number of methoxy groups -OCH3 is 2. The van der Waals surface area contributed by atoms with Gasteiger partial charge in [0.1, 0.15) is 18.1 Å². The molecule has 4 aromatic carbocycles. The van der Waals surface area contributed by atoms with Gasteiger partial charge >= 0.3 is 0 Å². The lowest BCUT2D eigenvalue weighted by Gasteiger charge is -2.26. The van der Waals surface area contributed by atoms with E-state index in [1.165, 1.54) is 19.1 Å². The molecule has 1 amide bonds. The summed E-state index contributed by atoms with van der Waals surface area (Å²) in [4.78, 5) is 28.4. The number of hydrogen-bond donors (Lipinski definition) is 1. The highest BCUT2D eigenvalue weighted by molar-refractivity contribution is 6.51. The van der Waals surface area contributed by atoms with Gasteiger partial charge in [0, 0.05) is 11.3 Å². The minimum absolute atomic E-state index is 0.0751. The molecule has 1 aliphatic heterocycles. The van der Waals surface area contributed by atoms with Gasteiger partial charge in [0.25, 0.3) is 11.7 Å². The lowest BCUT2D eigenvalue weighted by atomic mass is 9.94. The topological polar surface area (TPSA) is 109 Å². The number of benzene rings is 4. The lowest BCUT2D eigenvalue weighted by Crippen LogP contribution is -2.29. The zero-order chi connectivity index (χ0) is 29.8. The number of carbonyl (C=O) groups is 2. The normalized spacial score (nSPS) is 15.8. The molecule has 42 heavy (non-hydrogen) atoms. The number of hydrogen-bond acceptors (Lipinski definition) is 7. The van der Waals surface area contributed by atoms with Crippen LogP contribution >= 0.6 is 0 Å². The Morgan fingerprint density at radius 1 is 0.881 bits per heavy atom. The Kier molecular flexibility index (Phi) is 7.93. The number of anilines is 1. The van der Waals surface area contributed by atoms with E-state index < -0.39 is 17.7 Å². The average Bonchev–Trinajstić information content (AvgIpc) is 3.29. The fourth-order valence-corrected chi connectivity index (χ4v) is 4.98. The molecule has 1 unspecified atom stereocenters. The molecule has 0 radical (unpaired) electrons. The second-order valence-electron chi connectivity index (χ2n) is 9.70. The van der Waals surface area contributed by atoms with Crippen molar-refractivity contribution in [2.75, 3.05) is 19.1 Å². The molecule has 1 N–H and O–H groups in total. The van der Waals surface area contributed by atoms with Crippen molar-refractivity contribution < 1.29 is 28.9 Å². The standard InChI is InChI=1S/C34H28N2O6/c1-21-17-25(12-15-27(21)42-20-23-7-5-4-6-8-23)32(37)30-31(24-11-16-28(40-2)29(18-24)41-3)36(34(39)33(30)38)26-13-9-22(19-35)10-14-26/h4-18,31,37H,20H2,1-3H3/b32-30-. The summed E-state index contributed by atoms with van der Waals surface area (Å²) in [5, 5.41) is 20.8. The third kappa shape index (κ3) is 5.28. The van der Waals surface area contributed by atoms with E-state index in [1.807, 2.05) is 37.3 Å². The summed E-state index contributed by atoms with van der Waals surface area (Å²) >= 11 is 0. The first-order valence-corrected chi connectivity index (χ1v) is 13.2. The molecule has 8 heteroatoms. The number of ether oxygens (including phenoxy) is 3. The largest absolute Gasteiger partial charge is 0.507 e. The molecule has 4 aromatic rings. The molecule has 210 valence electrons. The van der Waals surface area contributed by atoms with Crippen LogP contribution in [-0.4, -0.2) is 31.0 Å². The van der Waals surface area contributed by atoms with Gasteiger partial charge < -0.3 is 19.3 Å². The number of amides is 1. The number of ketones is 1. The van der Waals surface area contributed by atoms with Crippen molar-refractivity contribution in [3.05, 3.63) is 124 Å². The van der Waals surface area contributed by atoms with Crippen LogP contribution in [0.5, 0.6) is 17.2 Å². The van der Waals surface area contributed by atoms with Crippen LogP contribution in [0, 0.1) is 18.3 Å². The lowest BCUT2D eigenvalue weighted by molar-refractivity contribution is -0.132. The van der Waals surface area contributed by atoms with Gasteiger partial charge in [-0.2, -0.15) is 5.26 Å². The average molecular weight is 561 g/mol. The van der Waals surface area contributed by atoms with Gasteiger partial charge in [0.15, 0.2) is 11.5 Å². The smallest absolute Gasteiger partial charge is 0.300 e. The van der Waals surface area contributed by atoms with Crippen molar-refractivity contribution in [2.45, 2.75) is 19.6 Å². The first kappa shape index (κ1) is 28.0. The van der Waals surface area contributed by atoms with Crippen LogP contribution in [0.3, 0.4) is 0 Å². The number of rotatable bonds is 8. The van der Waals surface area contributed by atoms with Crippen LogP contribution in [0.25, 0.3) is 5.76 Å². The Morgan fingerprint density at radius 3 is 2.21 bits per heavy atom. The van der Waals surface area contributed by atoms with Gasteiger partial charge in [-0.3, -0.25) is 14.5 Å². The van der Waals surface area contributed by atoms with Crippen LogP contribution in [0.2, 0.25) is 0 Å². The highest BCUT2D eigenvalue weighted by atomic mass is 16.5. The maximum atomic E-state index is 13.6. The van der Waals surface area contributed by atoms with Crippen molar-refractivity contribution in [1.29, 1.82) is 5.26 Å². The third-order valence-electron chi connectivity index (χ3n) is 7.13. The van der Waals surface area contributed by atoms with Crippen LogP contribution < -0.4 is 19.1 Å². The zero-order valence-corrected chi connectivity index (χ0v) is 23.3. The molecule has 0 aromatic heterocycles. The second-order valence-corrected chi connectivity index (χ2v) is 9.70. The van der Waals surface area contributed by atoms with Gasteiger partial charge in [-0.15, -0.1) is 0 Å². The minimum Gasteiger partial charge on any atom is -0.507 e. The number of carbonyl (C=O) groups excluding carboxylic acids is 2. The summed E-state index contributed by atoms with van der Waals surface area (Å²) in [6.07, 6.45) is 0. The van der Waals surface area contributed by atoms with Gasteiger partial charge in [-0.05, 0) is 78.2 Å². The van der Waals surface area contributed by atoms with Gasteiger partial charge in [-0.1, -0.05) is 36.4 Å². The van der Waals surface area contributed by atoms with E-state index in [2.05, 4.69) is 6.07 Å². The van der Waals surface area contributed by atoms with E-state index in [4.69, 9.17) is 14.2 Å². The molecule has 1 aliphatic rings. The van der Waals surface area contributed by atoms with Crippen molar-refractivity contribution in [3.8, 4) is 23.3 Å². The number of aryl methyl sites for hydroxylation is 1. The highest BCUT2D eigenvalue weighted by Gasteiger charge is 2.47. The molecule has 0 spiro atoms. The fourth-order valence-electron chi connectivity index (χ4n) is 4.98. The van der Waals surface area contributed by atoms with Crippen molar-refractivity contribution in [3.63, 3.8) is 0 Å². The number of Topliss-reactive ketones (excluding diaryl/α,β-unsaturated/α-hetero) is 1. The third-order valence-corrected chi connectivity index (χ3v) is 7.13. The first-order chi connectivity index (χ1) is 20.4. The molecule has 1 atom stereocenters. The summed E-state index contributed by atoms with van der Waals surface area (Å²) in [5.41, 5.74) is 3.38. The Morgan fingerprint density at radius 2 is 1.57 bits per heavy atom. The van der Waals surface area contributed by atoms with Crippen molar-refractivity contribution in [1.82, 2.24) is 0 Å². The van der Waals surface area contributed by atoms with Crippen LogP contribution in [0.1, 0.15) is 33.9 Å². The van der Waals surface area contributed by atoms with E-state index in [-0.39, 0.29) is 11.3 Å². The Bertz CT molecular complexity index is 1720. The van der Waals surface area contributed by atoms with E-state index in [0.29, 0.717) is 46.2 Å². The molecule has 0 saturated carbocycles. The first-order valence-electron chi connectivity index (χ1n) is 13.2. The fraction of sp³-hybridized carbons (Fsp3) is 0.147. The monoisotopic (exact) mass is 560 g/mol. The molecule has 5 rings (SSSR count). The highest BCUT2D eigenvalue weighted by Crippen LogP contribution is 2.44. The van der Waals surface area contributed by atoms with E-state index in [1.54, 1.807) is 60.7 Å². The van der Waals surface area contributed by atoms with Gasteiger partial charge in [-0.25, -0.2) is 0 Å². The molecule has 0 bridgehead atoms. The van der Waals surface area contributed by atoms with Crippen LogP contribution in [0.15, 0.2) is 96.6 Å². The number of aliphatic hydroxyl groups excluding tert-OH is 1. The van der Waals surface area contributed by atoms with Gasteiger partial charge in [0.05, 0.1) is 37.5 Å². The second kappa shape index (κ2) is 11.9. The Hall–Kier alpha value is -5.55. The van der Waals surface area contributed by atoms with Gasteiger partial charge in [0.2, 0.25) is 0 Å². The molecular weight excluding hydrogens is 532 g/mol. The summed E-state index contributed by atoms with van der Waals surface area (Å²) in [6, 6.07) is 27.3. The molecule has 1 saturated heterocycles. The molecule has 1 fully saturated rings. The van der Waals surface area contributed by atoms with E-state index in [0.717, 1.165) is 11.1 Å². The minimum atomic E-state index is -0.980. The number of nitriles is 1. The van der Waals surface area contributed by atoms with Crippen LogP contribution in [-0.2, 0) is 16.2 Å².